The lowest BCUT2D eigenvalue weighted by atomic mass is 10.0. The molecule has 1 aliphatic carbocycles. The molecule has 3 nitrogen and oxygen atoms in total. The van der Waals surface area contributed by atoms with Gasteiger partial charge in [0.2, 0.25) is 0 Å². The van der Waals surface area contributed by atoms with E-state index in [0.29, 0.717) is 5.92 Å². The predicted octanol–water partition coefficient (Wildman–Crippen LogP) is 4.14. The first-order valence-electron chi connectivity index (χ1n) is 7.13. The van der Waals surface area contributed by atoms with Crippen molar-refractivity contribution in [3.05, 3.63) is 51.9 Å². The largest absolute Gasteiger partial charge is 0.369 e. The number of nitrogens with one attached hydrogen (secondary N) is 1. The zero-order chi connectivity index (χ0) is 13.9. The minimum Gasteiger partial charge on any atom is -0.369 e. The molecule has 0 radical (unpaired) electrons. The van der Waals surface area contributed by atoms with E-state index in [1.807, 2.05) is 6.20 Å². The Balaban J connectivity index is 1.92. The number of anilines is 1. The summed E-state index contributed by atoms with van der Waals surface area (Å²) in [6, 6.07) is 8.63. The SMILES string of the molecule is CCCNc1nc(C2CCc3ccccc32)ncc1Br. The number of halogens is 1. The van der Waals surface area contributed by atoms with E-state index in [4.69, 9.17) is 4.98 Å². The van der Waals surface area contributed by atoms with Crippen LogP contribution in [-0.4, -0.2) is 16.5 Å². The molecule has 2 aromatic rings. The molecule has 20 heavy (non-hydrogen) atoms. The van der Waals surface area contributed by atoms with Crippen LogP contribution in [0.3, 0.4) is 0 Å². The summed E-state index contributed by atoms with van der Waals surface area (Å²) >= 11 is 3.51. The van der Waals surface area contributed by atoms with Crippen LogP contribution in [0.1, 0.15) is 42.6 Å². The number of hydrogen-bond donors (Lipinski definition) is 1. The van der Waals surface area contributed by atoms with Crippen molar-refractivity contribution >= 4 is 21.7 Å². The second-order valence-electron chi connectivity index (χ2n) is 5.14. The highest BCUT2D eigenvalue weighted by Crippen LogP contribution is 2.37. The summed E-state index contributed by atoms with van der Waals surface area (Å²) < 4.78 is 0.931. The quantitative estimate of drug-likeness (QED) is 0.914. The molecule has 1 aromatic carbocycles. The molecule has 0 spiro atoms. The topological polar surface area (TPSA) is 37.8 Å². The van der Waals surface area contributed by atoms with Gasteiger partial charge in [-0.2, -0.15) is 0 Å². The van der Waals surface area contributed by atoms with E-state index in [2.05, 4.69) is 57.4 Å². The Morgan fingerprint density at radius 1 is 1.35 bits per heavy atom. The molecule has 1 aromatic heterocycles. The molecule has 0 saturated carbocycles. The summed E-state index contributed by atoms with van der Waals surface area (Å²) in [5.41, 5.74) is 2.82. The fourth-order valence-electron chi connectivity index (χ4n) is 2.74. The van der Waals surface area contributed by atoms with E-state index in [0.717, 1.165) is 41.9 Å². The van der Waals surface area contributed by atoms with Gasteiger partial charge >= 0.3 is 0 Å². The minimum atomic E-state index is 0.335. The van der Waals surface area contributed by atoms with Crippen molar-refractivity contribution in [1.29, 1.82) is 0 Å². The molecule has 0 bridgehead atoms. The third-order valence-corrected chi connectivity index (χ3v) is 4.33. The van der Waals surface area contributed by atoms with Crippen molar-refractivity contribution in [2.24, 2.45) is 0 Å². The summed E-state index contributed by atoms with van der Waals surface area (Å²) in [6.07, 6.45) is 5.17. The van der Waals surface area contributed by atoms with Crippen LogP contribution in [0.4, 0.5) is 5.82 Å². The van der Waals surface area contributed by atoms with E-state index in [1.165, 1.54) is 11.1 Å². The smallest absolute Gasteiger partial charge is 0.144 e. The van der Waals surface area contributed by atoms with E-state index < -0.39 is 0 Å². The van der Waals surface area contributed by atoms with Crippen LogP contribution < -0.4 is 5.32 Å². The Hall–Kier alpha value is -1.42. The third-order valence-electron chi connectivity index (χ3n) is 3.75. The Labute approximate surface area is 128 Å². The van der Waals surface area contributed by atoms with E-state index in [-0.39, 0.29) is 0 Å². The molecular weight excluding hydrogens is 314 g/mol. The van der Waals surface area contributed by atoms with Gasteiger partial charge in [0.05, 0.1) is 4.47 Å². The highest BCUT2D eigenvalue weighted by Gasteiger charge is 2.26. The van der Waals surface area contributed by atoms with Gasteiger partial charge in [-0.3, -0.25) is 0 Å². The van der Waals surface area contributed by atoms with Crippen molar-refractivity contribution < 1.29 is 0 Å². The van der Waals surface area contributed by atoms with Gasteiger partial charge in [0.1, 0.15) is 11.6 Å². The molecule has 0 amide bonds. The van der Waals surface area contributed by atoms with Gasteiger partial charge in [-0.05, 0) is 46.3 Å². The van der Waals surface area contributed by atoms with Gasteiger partial charge < -0.3 is 5.32 Å². The summed E-state index contributed by atoms with van der Waals surface area (Å²) in [5, 5.41) is 3.35. The number of benzene rings is 1. The van der Waals surface area contributed by atoms with Gasteiger partial charge in [-0.1, -0.05) is 31.2 Å². The number of aryl methyl sites for hydroxylation is 1. The Morgan fingerprint density at radius 3 is 3.05 bits per heavy atom. The lowest BCUT2D eigenvalue weighted by Crippen LogP contribution is -2.08. The van der Waals surface area contributed by atoms with Crippen molar-refractivity contribution in [1.82, 2.24) is 9.97 Å². The highest BCUT2D eigenvalue weighted by atomic mass is 79.9. The Kier molecular flexibility index (Phi) is 4.01. The van der Waals surface area contributed by atoms with Crippen LogP contribution in [0.5, 0.6) is 0 Å². The van der Waals surface area contributed by atoms with Gasteiger partial charge in [-0.15, -0.1) is 0 Å². The van der Waals surface area contributed by atoms with E-state index in [1.54, 1.807) is 0 Å². The molecule has 1 atom stereocenters. The summed E-state index contributed by atoms with van der Waals surface area (Å²) in [5.74, 6) is 2.17. The molecule has 104 valence electrons. The number of fused-ring (bicyclic) bond motifs is 1. The first kappa shape index (κ1) is 13.6. The number of rotatable bonds is 4. The lowest BCUT2D eigenvalue weighted by molar-refractivity contribution is 0.727. The molecule has 0 saturated heterocycles. The normalized spacial score (nSPS) is 17.0. The molecule has 4 heteroatoms. The van der Waals surface area contributed by atoms with Gasteiger partial charge in [0, 0.05) is 18.7 Å². The van der Waals surface area contributed by atoms with Crippen LogP contribution in [-0.2, 0) is 6.42 Å². The van der Waals surface area contributed by atoms with Crippen LogP contribution in [0.15, 0.2) is 34.9 Å². The number of nitrogens with zero attached hydrogens (tertiary/aromatic N) is 2. The van der Waals surface area contributed by atoms with Crippen molar-refractivity contribution in [2.75, 3.05) is 11.9 Å². The number of hydrogen-bond acceptors (Lipinski definition) is 3. The molecule has 1 aliphatic rings. The summed E-state index contributed by atoms with van der Waals surface area (Å²) in [6.45, 7) is 3.08. The van der Waals surface area contributed by atoms with Crippen molar-refractivity contribution in [3.63, 3.8) is 0 Å². The molecule has 3 rings (SSSR count). The zero-order valence-electron chi connectivity index (χ0n) is 11.6. The lowest BCUT2D eigenvalue weighted by Gasteiger charge is -2.13. The second kappa shape index (κ2) is 5.92. The maximum absolute atomic E-state index is 4.72. The molecular formula is C16H18BrN3. The zero-order valence-corrected chi connectivity index (χ0v) is 13.2. The monoisotopic (exact) mass is 331 g/mol. The van der Waals surface area contributed by atoms with Crippen molar-refractivity contribution in [2.45, 2.75) is 32.1 Å². The summed E-state index contributed by atoms with van der Waals surface area (Å²) in [7, 11) is 0. The minimum absolute atomic E-state index is 0.335. The maximum Gasteiger partial charge on any atom is 0.144 e. The molecule has 1 heterocycles. The fraction of sp³-hybridized carbons (Fsp3) is 0.375. The maximum atomic E-state index is 4.72. The van der Waals surface area contributed by atoms with Gasteiger partial charge in [0.25, 0.3) is 0 Å². The molecule has 1 unspecified atom stereocenters. The number of aromatic nitrogens is 2. The molecule has 0 fully saturated rings. The van der Waals surface area contributed by atoms with Crippen LogP contribution in [0, 0.1) is 0 Å². The van der Waals surface area contributed by atoms with E-state index >= 15 is 0 Å². The first-order valence-corrected chi connectivity index (χ1v) is 7.93. The Morgan fingerprint density at radius 2 is 2.20 bits per heavy atom. The van der Waals surface area contributed by atoms with Crippen LogP contribution >= 0.6 is 15.9 Å². The fourth-order valence-corrected chi connectivity index (χ4v) is 3.07. The first-order chi connectivity index (χ1) is 9.79. The highest BCUT2D eigenvalue weighted by molar-refractivity contribution is 9.10. The average molecular weight is 332 g/mol. The Bertz CT molecular complexity index is 612. The van der Waals surface area contributed by atoms with Crippen LogP contribution in [0.2, 0.25) is 0 Å². The third kappa shape index (κ3) is 2.57. The van der Waals surface area contributed by atoms with Gasteiger partial charge in [0.15, 0.2) is 0 Å². The predicted molar refractivity (Wildman–Crippen MR) is 85.1 cm³/mol. The molecule has 1 N–H and O–H groups in total. The van der Waals surface area contributed by atoms with Crippen molar-refractivity contribution in [3.8, 4) is 0 Å². The van der Waals surface area contributed by atoms with E-state index in [9.17, 15) is 0 Å². The molecule has 0 aliphatic heterocycles. The second-order valence-corrected chi connectivity index (χ2v) is 6.00. The van der Waals surface area contributed by atoms with Crippen LogP contribution in [0.25, 0.3) is 0 Å². The summed E-state index contributed by atoms with van der Waals surface area (Å²) in [4.78, 5) is 9.25. The van der Waals surface area contributed by atoms with Gasteiger partial charge in [-0.25, -0.2) is 9.97 Å². The standard InChI is InChI=1S/C16H18BrN3/c1-2-9-18-16-14(17)10-19-15(20-16)13-8-7-11-5-3-4-6-12(11)13/h3-6,10,13H,2,7-9H2,1H3,(H,18,19,20). The average Bonchev–Trinajstić information content (AvgIpc) is 2.90.